The number of rotatable bonds is 4. The van der Waals surface area contributed by atoms with Gasteiger partial charge in [0.1, 0.15) is 0 Å². The zero-order chi connectivity index (χ0) is 20.9. The first kappa shape index (κ1) is 20.5. The number of amides is 2. The molecule has 30 heavy (non-hydrogen) atoms. The molecule has 7 nitrogen and oxygen atoms in total. The highest BCUT2D eigenvalue weighted by atomic mass is 16.2. The summed E-state index contributed by atoms with van der Waals surface area (Å²) in [4.78, 5) is 38.6. The van der Waals surface area contributed by atoms with Crippen molar-refractivity contribution in [1.82, 2.24) is 19.8 Å². The summed E-state index contributed by atoms with van der Waals surface area (Å²) < 4.78 is 0. The van der Waals surface area contributed by atoms with E-state index >= 15 is 0 Å². The van der Waals surface area contributed by atoms with Crippen LogP contribution in [0.1, 0.15) is 58.5 Å². The fourth-order valence-corrected chi connectivity index (χ4v) is 4.34. The first-order valence-corrected chi connectivity index (χ1v) is 10.8. The Labute approximate surface area is 177 Å². The molecule has 1 aromatic carbocycles. The number of hydrogen-bond donors (Lipinski definition) is 1. The van der Waals surface area contributed by atoms with Crippen LogP contribution in [0.4, 0.5) is 5.82 Å². The molecule has 0 bridgehead atoms. The summed E-state index contributed by atoms with van der Waals surface area (Å²) in [5, 5.41) is 2.76. The molecule has 1 aromatic heterocycles. The van der Waals surface area contributed by atoms with Crippen LogP contribution in [-0.2, 0) is 0 Å². The topological polar surface area (TPSA) is 78.4 Å². The molecule has 2 aromatic rings. The molecule has 0 atom stereocenters. The van der Waals surface area contributed by atoms with Crippen molar-refractivity contribution in [2.45, 2.75) is 45.1 Å². The van der Waals surface area contributed by atoms with Gasteiger partial charge in [0.05, 0.1) is 0 Å². The number of aromatic nitrogens is 2. The second kappa shape index (κ2) is 9.34. The van der Waals surface area contributed by atoms with Crippen molar-refractivity contribution in [1.29, 1.82) is 0 Å². The summed E-state index contributed by atoms with van der Waals surface area (Å²) in [7, 11) is 0. The molecule has 0 radical (unpaired) electrons. The lowest BCUT2D eigenvalue weighted by Crippen LogP contribution is -2.48. The van der Waals surface area contributed by atoms with Gasteiger partial charge >= 0.3 is 0 Å². The Bertz CT molecular complexity index is 885. The molecule has 7 heteroatoms. The summed E-state index contributed by atoms with van der Waals surface area (Å²) in [6, 6.07) is 7.84. The largest absolute Gasteiger partial charge is 0.337 e. The summed E-state index contributed by atoms with van der Waals surface area (Å²) in [5.74, 6) is -0.251. The minimum atomic E-state index is -0.298. The van der Waals surface area contributed by atoms with E-state index in [9.17, 15) is 9.59 Å². The van der Waals surface area contributed by atoms with Crippen LogP contribution >= 0.6 is 0 Å². The number of aryl methyl sites for hydroxylation is 1. The molecule has 2 aliphatic rings. The molecule has 2 aliphatic heterocycles. The number of nitrogens with zero attached hydrogens (tertiary/aromatic N) is 4. The van der Waals surface area contributed by atoms with E-state index < -0.39 is 0 Å². The van der Waals surface area contributed by atoms with Gasteiger partial charge in [-0.1, -0.05) is 24.1 Å². The maximum absolute atomic E-state index is 13.1. The van der Waals surface area contributed by atoms with E-state index in [2.05, 4.69) is 20.2 Å². The second-order valence-electron chi connectivity index (χ2n) is 8.19. The Kier molecular flexibility index (Phi) is 6.38. The molecule has 3 heterocycles. The van der Waals surface area contributed by atoms with Gasteiger partial charge in [0, 0.05) is 37.1 Å². The number of hydrogen-bond acceptors (Lipinski definition) is 5. The summed E-state index contributed by atoms with van der Waals surface area (Å²) in [6.07, 6.45) is 8.84. The smallest absolute Gasteiger partial charge is 0.276 e. The SMILES string of the molecule is Cc1ccc(C(=O)Nc2nccnc2C(=O)N2CCC(N3CCCCC3)CC2)cc1. The Balaban J connectivity index is 1.41. The highest BCUT2D eigenvalue weighted by Crippen LogP contribution is 2.23. The number of benzene rings is 1. The molecule has 158 valence electrons. The van der Waals surface area contributed by atoms with Crippen molar-refractivity contribution in [3.8, 4) is 0 Å². The predicted molar refractivity (Wildman–Crippen MR) is 116 cm³/mol. The average Bonchev–Trinajstić information content (AvgIpc) is 2.80. The number of carbonyl (C=O) groups excluding carboxylic acids is 2. The molecule has 2 saturated heterocycles. The van der Waals surface area contributed by atoms with Crippen molar-refractivity contribution in [2.75, 3.05) is 31.5 Å². The van der Waals surface area contributed by atoms with Gasteiger partial charge in [-0.2, -0.15) is 0 Å². The fourth-order valence-electron chi connectivity index (χ4n) is 4.34. The Morgan fingerprint density at radius 2 is 1.60 bits per heavy atom. The van der Waals surface area contributed by atoms with Gasteiger partial charge in [-0.15, -0.1) is 0 Å². The summed E-state index contributed by atoms with van der Waals surface area (Å²) >= 11 is 0. The normalized spacial score (nSPS) is 18.2. The lowest BCUT2D eigenvalue weighted by atomic mass is 9.99. The molecule has 2 fully saturated rings. The van der Waals surface area contributed by atoms with E-state index in [0.717, 1.165) is 18.4 Å². The Hall–Kier alpha value is -2.80. The van der Waals surface area contributed by atoms with Gasteiger partial charge in [-0.25, -0.2) is 9.97 Å². The van der Waals surface area contributed by atoms with Gasteiger partial charge in [0.25, 0.3) is 11.8 Å². The lowest BCUT2D eigenvalue weighted by molar-refractivity contribution is 0.0585. The van der Waals surface area contributed by atoms with Crippen LogP contribution in [0.2, 0.25) is 0 Å². The van der Waals surface area contributed by atoms with Crippen molar-refractivity contribution in [2.24, 2.45) is 0 Å². The van der Waals surface area contributed by atoms with Crippen LogP contribution in [-0.4, -0.2) is 63.8 Å². The summed E-state index contributed by atoms with van der Waals surface area (Å²) in [6.45, 7) is 5.75. The minimum Gasteiger partial charge on any atom is -0.337 e. The first-order chi connectivity index (χ1) is 14.6. The third-order valence-corrected chi connectivity index (χ3v) is 6.11. The zero-order valence-electron chi connectivity index (χ0n) is 17.5. The number of anilines is 1. The lowest BCUT2D eigenvalue weighted by Gasteiger charge is -2.40. The third-order valence-electron chi connectivity index (χ3n) is 6.11. The standard InChI is InChI=1S/C23H29N5O2/c1-17-5-7-18(8-6-17)22(29)26-21-20(24-11-12-25-21)23(30)28-15-9-19(10-16-28)27-13-3-2-4-14-27/h5-8,11-12,19H,2-4,9-10,13-16H2,1H3,(H,25,26,29). The zero-order valence-corrected chi connectivity index (χ0v) is 17.5. The van der Waals surface area contributed by atoms with Crippen LogP contribution in [0.5, 0.6) is 0 Å². The average molecular weight is 408 g/mol. The molecule has 0 spiro atoms. The number of carbonyl (C=O) groups is 2. The predicted octanol–water partition coefficient (Wildman–Crippen LogP) is 3.13. The summed E-state index contributed by atoms with van der Waals surface area (Å²) in [5.41, 5.74) is 1.80. The number of nitrogens with one attached hydrogen (secondary N) is 1. The number of piperidine rings is 2. The van der Waals surface area contributed by atoms with Crippen LogP contribution in [0, 0.1) is 6.92 Å². The van der Waals surface area contributed by atoms with Crippen LogP contribution in [0.15, 0.2) is 36.7 Å². The van der Waals surface area contributed by atoms with E-state index in [1.165, 1.54) is 44.7 Å². The molecule has 4 rings (SSSR count). The van der Waals surface area contributed by atoms with Crippen molar-refractivity contribution < 1.29 is 9.59 Å². The number of likely N-dealkylation sites (tertiary alicyclic amines) is 2. The molecule has 0 aliphatic carbocycles. The molecular formula is C23H29N5O2. The van der Waals surface area contributed by atoms with Gasteiger partial charge in [-0.05, 0) is 57.8 Å². The molecular weight excluding hydrogens is 378 g/mol. The van der Waals surface area contributed by atoms with Crippen LogP contribution < -0.4 is 5.32 Å². The van der Waals surface area contributed by atoms with E-state index in [4.69, 9.17) is 0 Å². The Morgan fingerprint density at radius 1 is 0.933 bits per heavy atom. The highest BCUT2D eigenvalue weighted by Gasteiger charge is 2.30. The third kappa shape index (κ3) is 4.67. The van der Waals surface area contributed by atoms with Crippen molar-refractivity contribution in [3.05, 3.63) is 53.5 Å². The van der Waals surface area contributed by atoms with Gasteiger partial charge < -0.3 is 15.1 Å². The fraction of sp³-hybridized carbons (Fsp3) is 0.478. The van der Waals surface area contributed by atoms with E-state index in [0.29, 0.717) is 24.7 Å². The minimum absolute atomic E-state index is 0.167. The van der Waals surface area contributed by atoms with E-state index in [1.807, 2.05) is 24.0 Å². The van der Waals surface area contributed by atoms with Crippen molar-refractivity contribution >= 4 is 17.6 Å². The first-order valence-electron chi connectivity index (χ1n) is 10.8. The maximum Gasteiger partial charge on any atom is 0.276 e. The van der Waals surface area contributed by atoms with Crippen LogP contribution in [0.25, 0.3) is 0 Å². The van der Waals surface area contributed by atoms with Crippen molar-refractivity contribution in [3.63, 3.8) is 0 Å². The molecule has 0 saturated carbocycles. The van der Waals surface area contributed by atoms with Gasteiger partial charge in [0.2, 0.25) is 0 Å². The van der Waals surface area contributed by atoms with E-state index in [-0.39, 0.29) is 23.3 Å². The second-order valence-corrected chi connectivity index (χ2v) is 8.19. The highest BCUT2D eigenvalue weighted by molar-refractivity contribution is 6.07. The molecule has 2 amide bonds. The van der Waals surface area contributed by atoms with E-state index in [1.54, 1.807) is 12.1 Å². The molecule has 1 N–H and O–H groups in total. The van der Waals surface area contributed by atoms with Gasteiger partial charge in [0.15, 0.2) is 11.5 Å². The maximum atomic E-state index is 13.1. The molecule has 0 unspecified atom stereocenters. The Morgan fingerprint density at radius 3 is 2.30 bits per heavy atom. The monoisotopic (exact) mass is 407 g/mol. The van der Waals surface area contributed by atoms with Gasteiger partial charge in [-0.3, -0.25) is 9.59 Å². The quantitative estimate of drug-likeness (QED) is 0.842. The van der Waals surface area contributed by atoms with Crippen LogP contribution in [0.3, 0.4) is 0 Å².